The lowest BCUT2D eigenvalue weighted by Crippen LogP contribution is -2.46. The lowest BCUT2D eigenvalue weighted by atomic mass is 10.2. The van der Waals surface area contributed by atoms with E-state index < -0.39 is 59.3 Å². The van der Waals surface area contributed by atoms with E-state index in [4.69, 9.17) is 18.9 Å². The fraction of sp³-hybridized carbons (Fsp3) is 0.844. The van der Waals surface area contributed by atoms with Crippen molar-refractivity contribution in [3.8, 4) is 0 Å². The van der Waals surface area contributed by atoms with Crippen LogP contribution in [0.3, 0.4) is 0 Å². The van der Waals surface area contributed by atoms with Gasteiger partial charge in [-0.15, -0.1) is 0 Å². The third-order valence-corrected chi connectivity index (χ3v) is 5.51. The van der Waals surface area contributed by atoms with E-state index in [1.54, 1.807) is 88.1 Å². The molecule has 0 fully saturated rings. The molecule has 0 spiro atoms. The predicted octanol–water partition coefficient (Wildman–Crippen LogP) is 5.37. The molecule has 0 unspecified atom stereocenters. The number of unbranched alkanes of at least 4 members (excludes halogenated alkanes) is 1. The predicted molar refractivity (Wildman–Crippen MR) is 177 cm³/mol. The molecule has 0 rings (SSSR count). The highest BCUT2D eigenvalue weighted by Gasteiger charge is 2.26. The van der Waals surface area contributed by atoms with Gasteiger partial charge in [-0.25, -0.2) is 24.2 Å². The maximum Gasteiger partial charge on any atom is 0.422 e. The minimum Gasteiger partial charge on any atom is -0.480 e. The number of alkyl carbamates (subject to hydrolysis) is 1. The topological polar surface area (TPSA) is 176 Å². The summed E-state index contributed by atoms with van der Waals surface area (Å²) in [5.41, 5.74) is -0.0740. The van der Waals surface area contributed by atoms with Gasteiger partial charge in [0.2, 0.25) is 0 Å². The van der Waals surface area contributed by atoms with Gasteiger partial charge in [0.1, 0.15) is 28.9 Å². The number of nitrogens with one attached hydrogen (secondary N) is 2. The number of hydrazine groups is 1. The first kappa shape index (κ1) is 43.5. The molecule has 0 heterocycles. The molecular formula is C32H61N5O10. The summed E-state index contributed by atoms with van der Waals surface area (Å²) in [4.78, 5) is 64.0. The Morgan fingerprint density at radius 1 is 0.532 bits per heavy atom. The van der Waals surface area contributed by atoms with E-state index in [1.165, 1.54) is 4.90 Å². The van der Waals surface area contributed by atoms with Gasteiger partial charge in [-0.05, 0) is 109 Å². The summed E-state index contributed by atoms with van der Waals surface area (Å²) in [7, 11) is 0. The Morgan fingerprint density at radius 3 is 1.43 bits per heavy atom. The van der Waals surface area contributed by atoms with Gasteiger partial charge < -0.3 is 34.3 Å². The molecule has 0 saturated carbocycles. The van der Waals surface area contributed by atoms with Gasteiger partial charge in [0.05, 0.1) is 0 Å². The molecule has 0 atom stereocenters. The summed E-state index contributed by atoms with van der Waals surface area (Å²) in [6.45, 7) is 22.2. The highest BCUT2D eigenvalue weighted by molar-refractivity contribution is 5.77. The number of hydrogen-bond acceptors (Lipinski definition) is 10. The van der Waals surface area contributed by atoms with E-state index in [-0.39, 0.29) is 13.1 Å². The van der Waals surface area contributed by atoms with Crippen molar-refractivity contribution in [2.75, 3.05) is 45.8 Å². The summed E-state index contributed by atoms with van der Waals surface area (Å²) in [5, 5.41) is 13.7. The van der Waals surface area contributed by atoms with Crippen molar-refractivity contribution >= 4 is 30.3 Å². The zero-order valence-electron chi connectivity index (χ0n) is 30.7. The maximum atomic E-state index is 13.0. The molecule has 274 valence electrons. The zero-order valence-corrected chi connectivity index (χ0v) is 30.7. The van der Waals surface area contributed by atoms with Crippen LogP contribution >= 0.6 is 0 Å². The third-order valence-electron chi connectivity index (χ3n) is 5.51. The monoisotopic (exact) mass is 675 g/mol. The number of carbonyl (C=O) groups excluding carboxylic acids is 4. The van der Waals surface area contributed by atoms with Crippen LogP contribution in [-0.2, 0) is 23.7 Å². The van der Waals surface area contributed by atoms with Crippen LogP contribution in [0.4, 0.5) is 19.2 Å². The first-order valence-electron chi connectivity index (χ1n) is 16.2. The molecular weight excluding hydrogens is 614 g/mol. The Balaban J connectivity index is 5.35. The minimum atomic E-state index is -1.18. The van der Waals surface area contributed by atoms with E-state index in [1.807, 2.05) is 0 Å². The van der Waals surface area contributed by atoms with Crippen LogP contribution in [0.25, 0.3) is 0 Å². The summed E-state index contributed by atoms with van der Waals surface area (Å²) >= 11 is 0. The second-order valence-corrected chi connectivity index (χ2v) is 15.2. The van der Waals surface area contributed by atoms with Crippen molar-refractivity contribution in [2.24, 2.45) is 0 Å². The highest BCUT2D eigenvalue weighted by Crippen LogP contribution is 2.14. The third kappa shape index (κ3) is 25.3. The van der Waals surface area contributed by atoms with Gasteiger partial charge in [-0.3, -0.25) is 15.1 Å². The molecule has 15 heteroatoms. The summed E-state index contributed by atoms with van der Waals surface area (Å²) in [6, 6.07) is 0. The van der Waals surface area contributed by atoms with E-state index in [0.29, 0.717) is 51.9 Å². The van der Waals surface area contributed by atoms with Gasteiger partial charge in [0.15, 0.2) is 0 Å². The molecule has 0 radical (unpaired) electrons. The molecule has 0 aromatic carbocycles. The second-order valence-electron chi connectivity index (χ2n) is 15.2. The fourth-order valence-electron chi connectivity index (χ4n) is 3.83. The van der Waals surface area contributed by atoms with Crippen LogP contribution in [0.2, 0.25) is 0 Å². The first-order chi connectivity index (χ1) is 21.3. The van der Waals surface area contributed by atoms with Crippen LogP contribution in [0, 0.1) is 0 Å². The summed E-state index contributed by atoms with van der Waals surface area (Å²) in [6.07, 6.45) is -0.469. The number of carbonyl (C=O) groups is 5. The SMILES string of the molecule is CC(C)(C)OC(=O)NCCCN(CCCCN(CCCN(CC(=O)O)C(=O)OC(C)(C)C)C(=O)OC(C)(C)C)NC(=O)OC(C)(C)C. The van der Waals surface area contributed by atoms with Gasteiger partial charge in [-0.2, -0.15) is 0 Å². The fourth-order valence-corrected chi connectivity index (χ4v) is 3.83. The van der Waals surface area contributed by atoms with Crippen LogP contribution in [-0.4, -0.2) is 118 Å². The van der Waals surface area contributed by atoms with Crippen LogP contribution in [0.5, 0.6) is 0 Å². The number of aliphatic carboxylic acids is 1. The maximum absolute atomic E-state index is 13.0. The van der Waals surface area contributed by atoms with Gasteiger partial charge in [0.25, 0.3) is 0 Å². The first-order valence-corrected chi connectivity index (χ1v) is 16.2. The normalized spacial score (nSPS) is 12.2. The summed E-state index contributed by atoms with van der Waals surface area (Å²) < 4.78 is 21.6. The van der Waals surface area contributed by atoms with E-state index >= 15 is 0 Å². The van der Waals surface area contributed by atoms with Crippen LogP contribution in [0.1, 0.15) is 109 Å². The van der Waals surface area contributed by atoms with Gasteiger partial charge in [-0.1, -0.05) is 0 Å². The van der Waals surface area contributed by atoms with Crippen LogP contribution in [0.15, 0.2) is 0 Å². The molecule has 47 heavy (non-hydrogen) atoms. The average molecular weight is 676 g/mol. The zero-order chi connectivity index (χ0) is 36.6. The van der Waals surface area contributed by atoms with E-state index in [2.05, 4.69) is 10.7 Å². The minimum absolute atomic E-state index is 0.0609. The number of hydrogen-bond donors (Lipinski definition) is 3. The molecule has 0 aromatic heterocycles. The molecule has 0 saturated heterocycles. The standard InChI is InChI=1S/C32H61N5O10/c1-29(2,3)44-25(40)33-17-15-22-37(34-26(41)45-30(4,5)6)21-14-13-18-35(27(42)46-31(7,8)9)19-16-20-36(23-24(38)39)28(43)47-32(10,11)12/h13-23H2,1-12H3,(H,33,40)(H,34,41)(H,38,39). The van der Waals surface area contributed by atoms with Crippen molar-refractivity contribution in [2.45, 2.75) is 131 Å². The van der Waals surface area contributed by atoms with Crippen molar-refractivity contribution in [3.63, 3.8) is 0 Å². The van der Waals surface area contributed by atoms with Gasteiger partial charge in [0, 0.05) is 39.3 Å². The van der Waals surface area contributed by atoms with Crippen molar-refractivity contribution < 1.29 is 48.0 Å². The molecule has 3 N–H and O–H groups in total. The highest BCUT2D eigenvalue weighted by atomic mass is 16.6. The summed E-state index contributed by atoms with van der Waals surface area (Å²) in [5.74, 6) is -1.18. The lowest BCUT2D eigenvalue weighted by molar-refractivity contribution is -0.138. The van der Waals surface area contributed by atoms with Crippen molar-refractivity contribution in [3.05, 3.63) is 0 Å². The number of nitrogens with zero attached hydrogens (tertiary/aromatic N) is 3. The molecule has 0 bridgehead atoms. The van der Waals surface area contributed by atoms with Crippen molar-refractivity contribution in [1.82, 2.24) is 25.6 Å². The largest absolute Gasteiger partial charge is 0.480 e. The Bertz CT molecular complexity index is 1010. The average Bonchev–Trinajstić information content (AvgIpc) is 2.82. The van der Waals surface area contributed by atoms with E-state index in [9.17, 15) is 29.1 Å². The smallest absolute Gasteiger partial charge is 0.422 e. The van der Waals surface area contributed by atoms with Crippen LogP contribution < -0.4 is 10.7 Å². The number of ether oxygens (including phenoxy) is 4. The Morgan fingerprint density at radius 2 is 0.936 bits per heavy atom. The van der Waals surface area contributed by atoms with E-state index in [0.717, 1.165) is 4.90 Å². The second kappa shape index (κ2) is 19.4. The number of carboxylic acid groups (broad SMARTS) is 1. The van der Waals surface area contributed by atoms with Gasteiger partial charge >= 0.3 is 30.3 Å². The molecule has 0 aliphatic heterocycles. The molecule has 0 aliphatic rings. The molecule has 4 amide bonds. The molecule has 0 aliphatic carbocycles. The molecule has 15 nitrogen and oxygen atoms in total. The number of amides is 4. The Labute approximate surface area is 280 Å². The molecule has 0 aromatic rings. The lowest BCUT2D eigenvalue weighted by Gasteiger charge is -2.30. The quantitative estimate of drug-likeness (QED) is 0.109. The number of carboxylic acids is 1. The van der Waals surface area contributed by atoms with Crippen molar-refractivity contribution in [1.29, 1.82) is 0 Å². The Hall–Kier alpha value is -3.49. The number of rotatable bonds is 16. The Kier molecular flexibility index (Phi) is 17.9.